The van der Waals surface area contributed by atoms with E-state index in [1.807, 2.05) is 0 Å². The van der Waals surface area contributed by atoms with Gasteiger partial charge in [-0.05, 0) is 37.1 Å². The number of sulfonamides is 1. The highest BCUT2D eigenvalue weighted by Crippen LogP contribution is 2.23. The molecule has 8 heteroatoms. The van der Waals surface area contributed by atoms with Gasteiger partial charge in [0.25, 0.3) is 10.0 Å². The number of halogens is 1. The lowest BCUT2D eigenvalue weighted by atomic mass is 10.2. The van der Waals surface area contributed by atoms with E-state index in [1.165, 1.54) is 37.8 Å². The van der Waals surface area contributed by atoms with Crippen molar-refractivity contribution in [2.24, 2.45) is 4.99 Å². The third-order valence-electron chi connectivity index (χ3n) is 4.06. The summed E-state index contributed by atoms with van der Waals surface area (Å²) in [5.41, 5.74) is 0. The van der Waals surface area contributed by atoms with Crippen molar-refractivity contribution in [3.05, 3.63) is 30.1 Å². The SMILES string of the molecule is O=S(=O)(NC1=NCN(C2CCCC2)CN1)c1ccc(F)cc1. The van der Waals surface area contributed by atoms with Crippen LogP contribution >= 0.6 is 0 Å². The minimum atomic E-state index is -3.74. The van der Waals surface area contributed by atoms with Crippen LogP contribution in [0, 0.1) is 5.82 Å². The first kappa shape index (κ1) is 15.2. The summed E-state index contributed by atoms with van der Waals surface area (Å²) in [6.07, 6.45) is 4.84. The fourth-order valence-corrected chi connectivity index (χ4v) is 3.83. The second-order valence-corrected chi connectivity index (χ2v) is 7.25. The Morgan fingerprint density at radius 2 is 1.91 bits per heavy atom. The maximum Gasteiger partial charge on any atom is 0.264 e. The molecule has 0 aromatic heterocycles. The van der Waals surface area contributed by atoms with E-state index in [1.54, 1.807) is 0 Å². The van der Waals surface area contributed by atoms with Crippen LogP contribution in [0.3, 0.4) is 0 Å². The Morgan fingerprint density at radius 3 is 2.50 bits per heavy atom. The van der Waals surface area contributed by atoms with Crippen LogP contribution in [-0.4, -0.2) is 38.7 Å². The summed E-state index contributed by atoms with van der Waals surface area (Å²) in [6.45, 7) is 1.06. The van der Waals surface area contributed by atoms with Gasteiger partial charge in [0.1, 0.15) is 5.82 Å². The van der Waals surface area contributed by atoms with Crippen LogP contribution in [0.15, 0.2) is 34.2 Å². The van der Waals surface area contributed by atoms with Crippen LogP contribution in [0.4, 0.5) is 4.39 Å². The van der Waals surface area contributed by atoms with E-state index >= 15 is 0 Å². The average molecular weight is 326 g/mol. The van der Waals surface area contributed by atoms with E-state index in [-0.39, 0.29) is 10.9 Å². The van der Waals surface area contributed by atoms with Crippen molar-refractivity contribution >= 4 is 16.0 Å². The van der Waals surface area contributed by atoms with Crippen molar-refractivity contribution in [2.75, 3.05) is 13.3 Å². The van der Waals surface area contributed by atoms with Gasteiger partial charge in [0.15, 0.2) is 0 Å². The summed E-state index contributed by atoms with van der Waals surface area (Å²) in [4.78, 5) is 6.47. The van der Waals surface area contributed by atoms with Crippen LogP contribution < -0.4 is 10.0 Å². The highest BCUT2D eigenvalue weighted by molar-refractivity contribution is 7.90. The predicted molar refractivity (Wildman–Crippen MR) is 81.1 cm³/mol. The highest BCUT2D eigenvalue weighted by Gasteiger charge is 2.25. The lowest BCUT2D eigenvalue weighted by Gasteiger charge is -2.31. The molecule has 6 nitrogen and oxygen atoms in total. The summed E-state index contributed by atoms with van der Waals surface area (Å²) in [5, 5.41) is 2.99. The van der Waals surface area contributed by atoms with Crippen LogP contribution in [0.5, 0.6) is 0 Å². The van der Waals surface area contributed by atoms with Gasteiger partial charge in [-0.15, -0.1) is 0 Å². The first-order valence-corrected chi connectivity index (χ1v) is 8.84. The second kappa shape index (κ2) is 6.21. The molecule has 22 heavy (non-hydrogen) atoms. The van der Waals surface area contributed by atoms with E-state index in [9.17, 15) is 12.8 Å². The number of nitrogens with one attached hydrogen (secondary N) is 2. The summed E-state index contributed by atoms with van der Waals surface area (Å²) >= 11 is 0. The van der Waals surface area contributed by atoms with E-state index < -0.39 is 15.8 Å². The third-order valence-corrected chi connectivity index (χ3v) is 5.41. The molecule has 0 spiro atoms. The normalized spacial score (nSPS) is 20.5. The fraction of sp³-hybridized carbons (Fsp3) is 0.500. The molecular weight excluding hydrogens is 307 g/mol. The lowest BCUT2D eigenvalue weighted by Crippen LogP contribution is -2.52. The lowest BCUT2D eigenvalue weighted by molar-refractivity contribution is 0.190. The molecule has 120 valence electrons. The number of nitrogens with zero attached hydrogens (tertiary/aromatic N) is 2. The molecule has 1 aliphatic carbocycles. The number of hydrogen-bond acceptors (Lipinski definition) is 5. The number of hydrogen-bond donors (Lipinski definition) is 2. The zero-order valence-corrected chi connectivity index (χ0v) is 12.9. The Hall–Kier alpha value is -1.67. The van der Waals surface area contributed by atoms with E-state index in [0.717, 1.165) is 12.1 Å². The van der Waals surface area contributed by atoms with Gasteiger partial charge in [-0.2, -0.15) is 0 Å². The summed E-state index contributed by atoms with van der Waals surface area (Å²) in [5.74, 6) is -0.238. The molecular formula is C14H19FN4O2S. The zero-order chi connectivity index (χ0) is 15.6. The van der Waals surface area contributed by atoms with Crippen LogP contribution in [0.25, 0.3) is 0 Å². The first-order valence-electron chi connectivity index (χ1n) is 7.35. The van der Waals surface area contributed by atoms with Gasteiger partial charge in [0.05, 0.1) is 18.2 Å². The molecule has 2 N–H and O–H groups in total. The Morgan fingerprint density at radius 1 is 1.23 bits per heavy atom. The smallest absolute Gasteiger partial charge is 0.264 e. The molecule has 0 atom stereocenters. The zero-order valence-electron chi connectivity index (χ0n) is 12.1. The molecule has 1 aromatic rings. The summed E-state index contributed by atoms with van der Waals surface area (Å²) in [6, 6.07) is 5.23. The van der Waals surface area contributed by atoms with Crippen molar-refractivity contribution in [1.29, 1.82) is 0 Å². The third kappa shape index (κ3) is 3.38. The van der Waals surface area contributed by atoms with Gasteiger partial charge in [0, 0.05) is 6.04 Å². The van der Waals surface area contributed by atoms with Crippen molar-refractivity contribution in [2.45, 2.75) is 36.6 Å². The van der Waals surface area contributed by atoms with Crippen molar-refractivity contribution < 1.29 is 12.8 Å². The van der Waals surface area contributed by atoms with Gasteiger partial charge < -0.3 is 5.32 Å². The highest BCUT2D eigenvalue weighted by atomic mass is 32.2. The molecule has 0 bridgehead atoms. The molecule has 3 rings (SSSR count). The quantitative estimate of drug-likeness (QED) is 0.876. The monoisotopic (exact) mass is 326 g/mol. The standard InChI is InChI=1S/C14H19FN4O2S/c15-11-5-7-13(8-6-11)22(20,21)18-14-16-9-19(10-17-14)12-3-1-2-4-12/h5-8,12H,1-4,9-10H2,(H2,16,17,18). The van der Waals surface area contributed by atoms with Gasteiger partial charge >= 0.3 is 0 Å². The number of benzene rings is 1. The van der Waals surface area contributed by atoms with Crippen LogP contribution in [0.1, 0.15) is 25.7 Å². The minimum absolute atomic E-state index is 0.0108. The number of rotatable bonds is 3. The van der Waals surface area contributed by atoms with E-state index in [4.69, 9.17) is 0 Å². The largest absolute Gasteiger partial charge is 0.343 e. The molecule has 1 saturated carbocycles. The Kier molecular flexibility index (Phi) is 4.30. The van der Waals surface area contributed by atoms with E-state index in [0.29, 0.717) is 19.4 Å². The molecule has 1 aliphatic heterocycles. The molecule has 1 aromatic carbocycles. The van der Waals surface area contributed by atoms with Gasteiger partial charge in [-0.1, -0.05) is 12.8 Å². The van der Waals surface area contributed by atoms with Crippen molar-refractivity contribution in [3.8, 4) is 0 Å². The topological polar surface area (TPSA) is 73.8 Å². The second-order valence-electron chi connectivity index (χ2n) is 5.57. The van der Waals surface area contributed by atoms with Crippen molar-refractivity contribution in [1.82, 2.24) is 14.9 Å². The number of guanidine groups is 1. The Bertz CT molecular complexity index is 654. The Balaban J connectivity index is 1.64. The van der Waals surface area contributed by atoms with Gasteiger partial charge in [-0.25, -0.2) is 22.5 Å². The minimum Gasteiger partial charge on any atom is -0.343 e. The maximum absolute atomic E-state index is 12.9. The fourth-order valence-electron chi connectivity index (χ4n) is 2.83. The molecule has 2 aliphatic rings. The predicted octanol–water partition coefficient (Wildman–Crippen LogP) is 1.22. The van der Waals surface area contributed by atoms with Crippen molar-refractivity contribution in [3.63, 3.8) is 0 Å². The first-order chi connectivity index (χ1) is 10.5. The van der Waals surface area contributed by atoms with Crippen LogP contribution in [0.2, 0.25) is 0 Å². The summed E-state index contributed by atoms with van der Waals surface area (Å²) in [7, 11) is -3.74. The molecule has 0 saturated heterocycles. The summed E-state index contributed by atoms with van der Waals surface area (Å²) < 4.78 is 39.6. The molecule has 0 unspecified atom stereocenters. The van der Waals surface area contributed by atoms with E-state index in [2.05, 4.69) is 19.9 Å². The molecule has 1 heterocycles. The molecule has 1 fully saturated rings. The van der Waals surface area contributed by atoms with Crippen LogP contribution in [-0.2, 0) is 10.0 Å². The van der Waals surface area contributed by atoms with Gasteiger partial charge in [-0.3, -0.25) is 4.90 Å². The molecule has 0 amide bonds. The van der Waals surface area contributed by atoms with Gasteiger partial charge in [0.2, 0.25) is 5.96 Å². The molecule has 0 radical (unpaired) electrons. The average Bonchev–Trinajstić information content (AvgIpc) is 3.02. The number of aliphatic imine (C=N–C) groups is 1. The Labute approximate surface area is 129 Å². The maximum atomic E-state index is 12.9.